The smallest absolute Gasteiger partial charge is 0.191 e. The second-order valence-electron chi connectivity index (χ2n) is 5.03. The lowest BCUT2D eigenvalue weighted by atomic mass is 10.4. The van der Waals surface area contributed by atoms with E-state index in [1.165, 1.54) is 0 Å². The van der Waals surface area contributed by atoms with Gasteiger partial charge in [0.1, 0.15) is 0 Å². The third kappa shape index (κ3) is 9.80. The largest absolute Gasteiger partial charge is 0.385 e. The lowest BCUT2D eigenvalue weighted by Gasteiger charge is -2.26. The van der Waals surface area contributed by atoms with E-state index < -0.39 is 9.84 Å². The van der Waals surface area contributed by atoms with Gasteiger partial charge in [0.2, 0.25) is 0 Å². The predicted octanol–water partition coefficient (Wildman–Crippen LogP) is -0.0736. The molecule has 7 nitrogen and oxygen atoms in total. The van der Waals surface area contributed by atoms with Crippen molar-refractivity contribution in [3.8, 4) is 0 Å². The Bertz CT molecular complexity index is 404. The molecule has 0 bridgehead atoms. The molecule has 0 saturated carbocycles. The van der Waals surface area contributed by atoms with Gasteiger partial charge in [0.05, 0.1) is 11.5 Å². The summed E-state index contributed by atoms with van der Waals surface area (Å²) in [6, 6.07) is 0. The second kappa shape index (κ2) is 12.3. The predicted molar refractivity (Wildman–Crippen MR) is 101 cm³/mol. The van der Waals surface area contributed by atoms with E-state index >= 15 is 0 Å². The van der Waals surface area contributed by atoms with E-state index in [9.17, 15) is 8.42 Å². The molecule has 1 fully saturated rings. The van der Waals surface area contributed by atoms with Gasteiger partial charge in [0.25, 0.3) is 0 Å². The number of aliphatic imine (C=N–C) groups is 1. The minimum absolute atomic E-state index is 0. The van der Waals surface area contributed by atoms with Crippen LogP contribution >= 0.6 is 24.0 Å². The molecule has 0 amide bonds. The Morgan fingerprint density at radius 3 is 2.55 bits per heavy atom. The number of rotatable bonds is 8. The van der Waals surface area contributed by atoms with Gasteiger partial charge < -0.3 is 15.4 Å². The van der Waals surface area contributed by atoms with Crippen molar-refractivity contribution in [2.45, 2.75) is 13.3 Å². The molecule has 132 valence electrons. The van der Waals surface area contributed by atoms with Crippen LogP contribution in [0.1, 0.15) is 13.3 Å². The van der Waals surface area contributed by atoms with Crippen molar-refractivity contribution >= 4 is 39.8 Å². The van der Waals surface area contributed by atoms with Gasteiger partial charge in [-0.25, -0.2) is 8.42 Å². The first kappa shape index (κ1) is 21.9. The summed E-state index contributed by atoms with van der Waals surface area (Å²) >= 11 is 0. The molecule has 0 radical (unpaired) electrons. The molecule has 0 atom stereocenters. The lowest BCUT2D eigenvalue weighted by Crippen LogP contribution is -2.46. The Morgan fingerprint density at radius 1 is 1.27 bits per heavy atom. The number of halogens is 1. The van der Waals surface area contributed by atoms with Crippen LogP contribution in [0.25, 0.3) is 0 Å². The van der Waals surface area contributed by atoms with Crippen molar-refractivity contribution in [1.29, 1.82) is 0 Å². The number of hydrogen-bond donors (Lipinski definition) is 2. The summed E-state index contributed by atoms with van der Waals surface area (Å²) in [6.45, 7) is 7.14. The van der Waals surface area contributed by atoms with Crippen LogP contribution in [0.4, 0.5) is 0 Å². The van der Waals surface area contributed by atoms with Crippen LogP contribution < -0.4 is 10.6 Å². The zero-order valence-corrected chi connectivity index (χ0v) is 16.7. The molecule has 1 aliphatic rings. The number of ether oxygens (including phenoxy) is 1. The van der Waals surface area contributed by atoms with E-state index in [0.717, 1.165) is 38.6 Å². The van der Waals surface area contributed by atoms with Crippen molar-refractivity contribution in [2.75, 3.05) is 64.5 Å². The fourth-order valence-corrected chi connectivity index (χ4v) is 3.32. The number of methoxy groups -OCH3 is 1. The summed E-state index contributed by atoms with van der Waals surface area (Å²) in [6.07, 6.45) is 0.900. The van der Waals surface area contributed by atoms with Crippen LogP contribution in [0.3, 0.4) is 0 Å². The summed E-state index contributed by atoms with van der Waals surface area (Å²) in [5.41, 5.74) is 0. The molecular weight excluding hydrogens is 419 g/mol. The zero-order valence-electron chi connectivity index (χ0n) is 13.5. The van der Waals surface area contributed by atoms with Gasteiger partial charge in [-0.15, -0.1) is 24.0 Å². The molecule has 0 aromatic carbocycles. The van der Waals surface area contributed by atoms with Crippen LogP contribution in [0.15, 0.2) is 4.99 Å². The van der Waals surface area contributed by atoms with Crippen molar-refractivity contribution in [2.24, 2.45) is 4.99 Å². The van der Waals surface area contributed by atoms with Gasteiger partial charge in [-0.3, -0.25) is 9.89 Å². The molecular formula is C13H29IN4O3S. The summed E-state index contributed by atoms with van der Waals surface area (Å²) < 4.78 is 27.7. The Balaban J connectivity index is 0.00000441. The highest BCUT2D eigenvalue weighted by Gasteiger charge is 2.20. The number of nitrogens with zero attached hydrogens (tertiary/aromatic N) is 2. The van der Waals surface area contributed by atoms with Crippen molar-refractivity contribution in [3.63, 3.8) is 0 Å². The topological polar surface area (TPSA) is 83.0 Å². The molecule has 0 aliphatic carbocycles. The monoisotopic (exact) mass is 448 g/mol. The van der Waals surface area contributed by atoms with Crippen LogP contribution in [0, 0.1) is 0 Å². The molecule has 0 aromatic rings. The summed E-state index contributed by atoms with van der Waals surface area (Å²) in [7, 11) is -1.11. The molecule has 0 aromatic heterocycles. The summed E-state index contributed by atoms with van der Waals surface area (Å²) in [5.74, 6) is 1.36. The van der Waals surface area contributed by atoms with Gasteiger partial charge in [-0.2, -0.15) is 0 Å². The van der Waals surface area contributed by atoms with E-state index in [-0.39, 0.29) is 35.5 Å². The maximum atomic E-state index is 11.4. The average Bonchev–Trinajstić information content (AvgIpc) is 2.45. The molecule has 9 heteroatoms. The first-order valence-corrected chi connectivity index (χ1v) is 9.33. The lowest BCUT2D eigenvalue weighted by molar-refractivity contribution is 0.197. The molecule has 1 saturated heterocycles. The Kier molecular flexibility index (Phi) is 12.2. The van der Waals surface area contributed by atoms with Gasteiger partial charge >= 0.3 is 0 Å². The quantitative estimate of drug-likeness (QED) is 0.234. The van der Waals surface area contributed by atoms with Crippen molar-refractivity contribution in [3.05, 3.63) is 0 Å². The first-order chi connectivity index (χ1) is 10.1. The van der Waals surface area contributed by atoms with E-state index in [1.54, 1.807) is 7.11 Å². The molecule has 0 unspecified atom stereocenters. The molecule has 1 rings (SSSR count). The van der Waals surface area contributed by atoms with Crippen LogP contribution in [-0.2, 0) is 14.6 Å². The maximum Gasteiger partial charge on any atom is 0.191 e. The number of sulfone groups is 1. The Hall–Kier alpha value is -0.130. The molecule has 22 heavy (non-hydrogen) atoms. The number of nitrogens with one attached hydrogen (secondary N) is 2. The fraction of sp³-hybridized carbons (Fsp3) is 0.923. The third-order valence-corrected chi connectivity index (χ3v) is 4.89. The fourth-order valence-electron chi connectivity index (χ4n) is 2.05. The summed E-state index contributed by atoms with van der Waals surface area (Å²) in [5, 5.41) is 6.47. The van der Waals surface area contributed by atoms with Crippen LogP contribution in [-0.4, -0.2) is 83.8 Å². The minimum Gasteiger partial charge on any atom is -0.385 e. The number of guanidine groups is 1. The Morgan fingerprint density at radius 2 is 1.95 bits per heavy atom. The highest BCUT2D eigenvalue weighted by Crippen LogP contribution is 2.02. The van der Waals surface area contributed by atoms with Gasteiger partial charge in [-0.1, -0.05) is 0 Å². The van der Waals surface area contributed by atoms with Gasteiger partial charge in [0, 0.05) is 53.0 Å². The standard InChI is InChI=1S/C13H28N4O3S.HI/c1-3-14-13(15-5-4-10-20-2)16-6-7-17-8-11-21(18,19)12-9-17;/h3-12H2,1-2H3,(H2,14,15,16);1H. The normalized spacial score (nSPS) is 18.5. The van der Waals surface area contributed by atoms with Crippen molar-refractivity contribution in [1.82, 2.24) is 15.5 Å². The minimum atomic E-state index is -2.79. The van der Waals surface area contributed by atoms with Crippen LogP contribution in [0.5, 0.6) is 0 Å². The molecule has 1 heterocycles. The highest BCUT2D eigenvalue weighted by atomic mass is 127. The summed E-state index contributed by atoms with van der Waals surface area (Å²) in [4.78, 5) is 6.63. The van der Waals surface area contributed by atoms with E-state index in [0.29, 0.717) is 19.7 Å². The molecule has 1 aliphatic heterocycles. The first-order valence-electron chi connectivity index (χ1n) is 7.51. The van der Waals surface area contributed by atoms with Gasteiger partial charge in [-0.05, 0) is 13.3 Å². The molecule has 0 spiro atoms. The third-order valence-electron chi connectivity index (χ3n) is 3.28. The SMILES string of the molecule is CCNC(=NCCCOC)NCCN1CCS(=O)(=O)CC1.I. The average molecular weight is 448 g/mol. The number of hydrogen-bond acceptors (Lipinski definition) is 5. The Labute approximate surface area is 151 Å². The van der Waals surface area contributed by atoms with Crippen molar-refractivity contribution < 1.29 is 13.2 Å². The zero-order chi connectivity index (χ0) is 15.6. The van der Waals surface area contributed by atoms with Crippen LogP contribution in [0.2, 0.25) is 0 Å². The second-order valence-corrected chi connectivity index (χ2v) is 7.33. The highest BCUT2D eigenvalue weighted by molar-refractivity contribution is 14.0. The van der Waals surface area contributed by atoms with E-state index in [4.69, 9.17) is 4.74 Å². The van der Waals surface area contributed by atoms with E-state index in [1.807, 2.05) is 6.92 Å². The maximum absolute atomic E-state index is 11.4. The molecule has 2 N–H and O–H groups in total. The van der Waals surface area contributed by atoms with E-state index in [2.05, 4.69) is 20.5 Å². The van der Waals surface area contributed by atoms with Gasteiger partial charge in [0.15, 0.2) is 15.8 Å².